The monoisotopic (exact) mass is 534 g/mol. The molecule has 1 aliphatic rings. The number of nitrogens with one attached hydrogen (secondary N) is 2. The first-order chi connectivity index (χ1) is 18.3. The predicted octanol–water partition coefficient (Wildman–Crippen LogP) is 5.27. The van der Waals surface area contributed by atoms with Crippen LogP contribution in [0.1, 0.15) is 59.7 Å². The Labute approximate surface area is 226 Å². The fraction of sp³-hybridized carbons (Fsp3) is 0.387. The van der Waals surface area contributed by atoms with Crippen molar-refractivity contribution < 1.29 is 17.4 Å². The molecule has 0 radical (unpaired) electrons. The quantitative estimate of drug-likeness (QED) is 0.244. The molecular weight excluding hydrogens is 496 g/mol. The fourth-order valence-electron chi connectivity index (χ4n) is 5.15. The summed E-state index contributed by atoms with van der Waals surface area (Å²) in [5.74, 6) is -0.360. The predicted molar refractivity (Wildman–Crippen MR) is 153 cm³/mol. The Morgan fingerprint density at radius 1 is 1.00 bits per heavy atom. The highest BCUT2D eigenvalue weighted by molar-refractivity contribution is 7.86. The Bertz CT molecular complexity index is 1310. The zero-order valence-corrected chi connectivity index (χ0v) is 23.1. The molecule has 0 aliphatic heterocycles. The van der Waals surface area contributed by atoms with E-state index < -0.39 is 16.3 Å². The number of aryl methyl sites for hydroxylation is 1. The highest BCUT2D eigenvalue weighted by Crippen LogP contribution is 2.26. The van der Waals surface area contributed by atoms with Crippen LogP contribution in [0.15, 0.2) is 72.8 Å². The molecule has 0 fully saturated rings. The van der Waals surface area contributed by atoms with Crippen LogP contribution in [0.3, 0.4) is 0 Å². The summed E-state index contributed by atoms with van der Waals surface area (Å²) < 4.78 is 29.1. The van der Waals surface area contributed by atoms with E-state index in [1.165, 1.54) is 16.7 Å². The molecule has 1 unspecified atom stereocenters. The minimum Gasteiger partial charge on any atom is -0.325 e. The van der Waals surface area contributed by atoms with Gasteiger partial charge in [0.05, 0.1) is 6.26 Å². The second-order valence-electron chi connectivity index (χ2n) is 10.0. The van der Waals surface area contributed by atoms with Crippen LogP contribution in [0.2, 0.25) is 0 Å². The number of rotatable bonds is 12. The Morgan fingerprint density at radius 2 is 1.74 bits per heavy atom. The topological polar surface area (TPSA) is 84.5 Å². The molecule has 3 aromatic carbocycles. The lowest BCUT2D eigenvalue weighted by Crippen LogP contribution is -2.38. The summed E-state index contributed by atoms with van der Waals surface area (Å²) in [4.78, 5) is 12.9. The molecule has 0 saturated heterocycles. The second-order valence-corrected chi connectivity index (χ2v) is 11.6. The third-order valence-corrected chi connectivity index (χ3v) is 7.59. The lowest BCUT2D eigenvalue weighted by molar-refractivity contribution is 0.0826. The van der Waals surface area contributed by atoms with Crippen LogP contribution in [0.4, 0.5) is 0 Å². The summed E-state index contributed by atoms with van der Waals surface area (Å²) in [6.07, 6.45) is 6.34. The molecule has 38 heavy (non-hydrogen) atoms. The Balaban J connectivity index is 1.37. The van der Waals surface area contributed by atoms with Gasteiger partial charge in [-0.25, -0.2) is 4.18 Å². The van der Waals surface area contributed by atoms with Gasteiger partial charge in [-0.1, -0.05) is 67.6 Å². The minimum atomic E-state index is -3.74. The number of amides is 1. The molecule has 6 nitrogen and oxygen atoms in total. The Morgan fingerprint density at radius 3 is 2.45 bits per heavy atom. The third kappa shape index (κ3) is 8.00. The van der Waals surface area contributed by atoms with E-state index in [0.29, 0.717) is 24.4 Å². The zero-order valence-electron chi connectivity index (χ0n) is 22.3. The van der Waals surface area contributed by atoms with E-state index in [-0.39, 0.29) is 5.91 Å². The van der Waals surface area contributed by atoms with Crippen molar-refractivity contribution in [2.75, 3.05) is 12.8 Å². The van der Waals surface area contributed by atoms with Crippen molar-refractivity contribution in [2.45, 2.75) is 64.1 Å². The molecule has 0 heterocycles. The van der Waals surface area contributed by atoms with Gasteiger partial charge in [0.1, 0.15) is 6.23 Å². The van der Waals surface area contributed by atoms with Crippen LogP contribution in [-0.4, -0.2) is 39.4 Å². The maximum Gasteiger partial charge on any atom is 0.266 e. The van der Waals surface area contributed by atoms with Crippen molar-refractivity contribution in [2.24, 2.45) is 0 Å². The lowest BCUT2D eigenvalue weighted by Gasteiger charge is -2.27. The smallest absolute Gasteiger partial charge is 0.266 e. The van der Waals surface area contributed by atoms with E-state index in [2.05, 4.69) is 35.8 Å². The molecule has 0 saturated carbocycles. The summed E-state index contributed by atoms with van der Waals surface area (Å²) in [6, 6.07) is 24.2. The van der Waals surface area contributed by atoms with Crippen molar-refractivity contribution in [3.8, 4) is 11.1 Å². The number of carbonyl (C=O) groups excluding carboxylic acids is 1. The van der Waals surface area contributed by atoms with Crippen molar-refractivity contribution in [1.29, 1.82) is 0 Å². The average Bonchev–Trinajstić information content (AvgIpc) is 2.91. The molecule has 202 valence electrons. The van der Waals surface area contributed by atoms with Crippen LogP contribution < -0.4 is 10.6 Å². The summed E-state index contributed by atoms with van der Waals surface area (Å²) in [7, 11) is -3.74. The molecule has 3 aromatic rings. The maximum absolute atomic E-state index is 12.9. The number of carbonyl (C=O) groups is 1. The van der Waals surface area contributed by atoms with Crippen LogP contribution in [0, 0.1) is 0 Å². The normalized spacial score (nSPS) is 16.0. The maximum atomic E-state index is 12.9. The lowest BCUT2D eigenvalue weighted by atomic mass is 9.84. The summed E-state index contributed by atoms with van der Waals surface area (Å²) >= 11 is 0. The summed E-state index contributed by atoms with van der Waals surface area (Å²) in [6.45, 7) is 3.23. The van der Waals surface area contributed by atoms with Gasteiger partial charge in [-0.2, -0.15) is 8.42 Å². The van der Waals surface area contributed by atoms with Gasteiger partial charge < -0.3 is 10.6 Å². The summed E-state index contributed by atoms with van der Waals surface area (Å²) in [5.41, 5.74) is 6.65. The number of benzene rings is 3. The standard InChI is InChI=1S/C31H38N2O4S/c1-3-21-32-28-19-20-29-25(11-7-13-27(29)22-28)12-8-14-30(37-38(2,35)36)33-31(34)26-17-15-24(16-18-26)23-9-5-4-6-10-23/h4-7,9-11,13,15-18,28,30,32H,3,8,12,14,19-22H2,1-2H3,(H,33,34)/t28-,30?/m0/s1. The van der Waals surface area contributed by atoms with Crippen LogP contribution >= 0.6 is 0 Å². The molecule has 4 rings (SSSR count). The first kappa shape index (κ1) is 28.0. The first-order valence-electron chi connectivity index (χ1n) is 13.5. The highest BCUT2D eigenvalue weighted by atomic mass is 32.2. The molecule has 1 amide bonds. The molecule has 0 bridgehead atoms. The number of fused-ring (bicyclic) bond motifs is 1. The highest BCUT2D eigenvalue weighted by Gasteiger charge is 2.22. The van der Waals surface area contributed by atoms with Crippen molar-refractivity contribution in [3.05, 3.63) is 95.1 Å². The van der Waals surface area contributed by atoms with Gasteiger partial charge in [-0.15, -0.1) is 0 Å². The molecule has 2 atom stereocenters. The molecule has 0 spiro atoms. The zero-order chi connectivity index (χ0) is 27.0. The van der Waals surface area contributed by atoms with Crippen molar-refractivity contribution in [3.63, 3.8) is 0 Å². The largest absolute Gasteiger partial charge is 0.325 e. The Hall–Kier alpha value is -3.00. The van der Waals surface area contributed by atoms with Crippen molar-refractivity contribution in [1.82, 2.24) is 10.6 Å². The van der Waals surface area contributed by atoms with E-state index in [1.54, 1.807) is 12.1 Å². The Kier molecular flexibility index (Phi) is 9.72. The van der Waals surface area contributed by atoms with Gasteiger partial charge in [0.2, 0.25) is 0 Å². The van der Waals surface area contributed by atoms with E-state index in [9.17, 15) is 13.2 Å². The van der Waals surface area contributed by atoms with Gasteiger partial charge in [0.25, 0.3) is 16.0 Å². The molecule has 0 aromatic heterocycles. The van der Waals surface area contributed by atoms with Gasteiger partial charge in [-0.05, 0) is 91.4 Å². The fourth-order valence-corrected chi connectivity index (χ4v) is 5.72. The molecule has 1 aliphatic carbocycles. The van der Waals surface area contributed by atoms with Crippen molar-refractivity contribution >= 4 is 16.0 Å². The van der Waals surface area contributed by atoms with Crippen LogP contribution in [-0.2, 0) is 33.6 Å². The van der Waals surface area contributed by atoms with E-state index in [1.807, 2.05) is 42.5 Å². The van der Waals surface area contributed by atoms with Crippen LogP contribution in [0.5, 0.6) is 0 Å². The third-order valence-electron chi connectivity index (χ3n) is 7.01. The molecule has 7 heteroatoms. The van der Waals surface area contributed by atoms with E-state index in [0.717, 1.165) is 56.0 Å². The average molecular weight is 535 g/mol. The van der Waals surface area contributed by atoms with Gasteiger partial charge in [0.15, 0.2) is 0 Å². The van der Waals surface area contributed by atoms with Gasteiger partial charge in [-0.3, -0.25) is 4.79 Å². The second kappa shape index (κ2) is 13.2. The first-order valence-corrected chi connectivity index (χ1v) is 15.3. The van der Waals surface area contributed by atoms with Gasteiger partial charge >= 0.3 is 0 Å². The summed E-state index contributed by atoms with van der Waals surface area (Å²) in [5, 5.41) is 6.42. The SMILES string of the molecule is CCCN[C@H]1CCc2c(CCCC(NC(=O)c3ccc(-c4ccccc4)cc3)OS(C)(=O)=O)cccc2C1. The van der Waals surface area contributed by atoms with E-state index >= 15 is 0 Å². The molecular formula is C31H38N2O4S. The number of hydrogen-bond acceptors (Lipinski definition) is 5. The van der Waals surface area contributed by atoms with E-state index in [4.69, 9.17) is 4.18 Å². The van der Waals surface area contributed by atoms with Gasteiger partial charge in [0, 0.05) is 11.6 Å². The molecule has 2 N–H and O–H groups in total. The number of hydrogen-bond donors (Lipinski definition) is 2. The minimum absolute atomic E-state index is 0.360. The van der Waals surface area contributed by atoms with Crippen LogP contribution in [0.25, 0.3) is 11.1 Å².